The van der Waals surface area contributed by atoms with Gasteiger partial charge in [-0.15, -0.1) is 0 Å². The Hall–Kier alpha value is -0.140. The fourth-order valence-corrected chi connectivity index (χ4v) is 0.892. The first kappa shape index (κ1) is 23.0. The zero-order valence-electron chi connectivity index (χ0n) is 10.1. The Balaban J connectivity index is -0.000000178. The first-order valence-electron chi connectivity index (χ1n) is 4.98. The molecule has 0 N–H and O–H groups in total. The Kier molecular flexibility index (Phi) is 24.5. The van der Waals surface area contributed by atoms with Gasteiger partial charge in [-0.1, -0.05) is 0 Å². The summed E-state index contributed by atoms with van der Waals surface area (Å²) in [5, 5.41) is 0. The summed E-state index contributed by atoms with van der Waals surface area (Å²) in [4.78, 5) is 0. The molecule has 0 aliphatic carbocycles. The summed E-state index contributed by atoms with van der Waals surface area (Å²) in [7, 11) is 0. The maximum Gasteiger partial charge on any atom is -0.172 e. The van der Waals surface area contributed by atoms with Crippen LogP contribution < -0.4 is 24.8 Å². The minimum absolute atomic E-state index is 0. The molecule has 0 saturated heterocycles. The molecule has 0 amide bonds. The van der Waals surface area contributed by atoms with Crippen LogP contribution in [0, 0.1) is 0 Å². The monoisotopic (exact) mass is 372 g/mol. The standard InChI is InChI=1S/2C5H5.C4H6Si.2ClH.Zr/c2*1-2-4-5-3-1;1-3-5-4-2;;;/h2*1-5H;3-4H,1-2H2;2*1H;/q2*-1;;;;+2/p-2. The van der Waals surface area contributed by atoms with Crippen molar-refractivity contribution in [3.8, 4) is 0 Å². The normalized spacial score (nSPS) is 6.78. The maximum atomic E-state index is 3.63. The second kappa shape index (κ2) is 19.2. The van der Waals surface area contributed by atoms with Crippen LogP contribution in [0.5, 0.6) is 0 Å². The molecule has 0 aromatic heterocycles. The molecule has 0 spiro atoms. The second-order valence-corrected chi connectivity index (χ2v) is 8.77. The summed E-state index contributed by atoms with van der Waals surface area (Å²) >= 11 is 1.57. The van der Waals surface area contributed by atoms with E-state index in [1.54, 1.807) is 23.3 Å². The Morgan fingerprint density at radius 2 is 1.06 bits per heavy atom. The van der Waals surface area contributed by atoms with Crippen molar-refractivity contribution in [3.63, 3.8) is 0 Å². The van der Waals surface area contributed by atoms with Crippen molar-refractivity contribution in [1.82, 2.24) is 0 Å². The van der Waals surface area contributed by atoms with E-state index >= 15 is 0 Å². The Bertz CT molecular complexity index is 296. The van der Waals surface area contributed by atoms with E-state index in [4.69, 9.17) is 0 Å². The van der Waals surface area contributed by atoms with Crippen LogP contribution in [0.4, 0.5) is 0 Å². The van der Waals surface area contributed by atoms with Crippen molar-refractivity contribution >= 4 is 5.43 Å². The predicted octanol–water partition coefficient (Wildman–Crippen LogP) is -2.21. The minimum Gasteiger partial charge on any atom is -1.00 e. The quantitative estimate of drug-likeness (QED) is 0.413. The molecule has 2 aromatic carbocycles. The Labute approximate surface area is 138 Å². The van der Waals surface area contributed by atoms with Gasteiger partial charge in [0.1, 0.15) is 0 Å². The molecule has 4 heteroatoms. The predicted molar refractivity (Wildman–Crippen MR) is 70.2 cm³/mol. The van der Waals surface area contributed by atoms with Crippen LogP contribution in [-0.4, -0.2) is 5.43 Å². The number of halogens is 2. The van der Waals surface area contributed by atoms with Crippen LogP contribution in [0.15, 0.2) is 85.2 Å². The topological polar surface area (TPSA) is 0 Å². The molecule has 18 heavy (non-hydrogen) atoms. The van der Waals surface area contributed by atoms with E-state index in [-0.39, 0.29) is 30.2 Å². The summed E-state index contributed by atoms with van der Waals surface area (Å²) in [5.74, 6) is 0. The average Bonchev–Trinajstić information content (AvgIpc) is 3.03. The molecule has 2 aromatic rings. The molecule has 0 aliphatic heterocycles. The van der Waals surface area contributed by atoms with Crippen LogP contribution in [0.2, 0.25) is 0 Å². The van der Waals surface area contributed by atoms with Gasteiger partial charge < -0.3 is 24.8 Å². The molecular weight excluding hydrogens is 358 g/mol. The first-order chi connectivity index (χ1) is 7.81. The van der Waals surface area contributed by atoms with Gasteiger partial charge in [-0.2, -0.15) is 36.4 Å². The van der Waals surface area contributed by atoms with Gasteiger partial charge in [-0.05, 0) is 0 Å². The molecule has 0 bridgehead atoms. The Morgan fingerprint density at radius 1 is 0.778 bits per heavy atom. The molecule has 0 radical (unpaired) electrons. The summed E-state index contributed by atoms with van der Waals surface area (Å²) in [6.07, 6.45) is 0. The van der Waals surface area contributed by atoms with Crippen molar-refractivity contribution in [2.75, 3.05) is 0 Å². The maximum absolute atomic E-state index is 3.63. The van der Waals surface area contributed by atoms with Crippen LogP contribution >= 0.6 is 0 Å². The van der Waals surface area contributed by atoms with Gasteiger partial charge in [0, 0.05) is 0 Å². The van der Waals surface area contributed by atoms with Crippen molar-refractivity contribution in [2.45, 2.75) is 0 Å². The third kappa shape index (κ3) is 18.2. The number of hydrogen-bond acceptors (Lipinski definition) is 0. The van der Waals surface area contributed by atoms with Crippen molar-refractivity contribution < 1.29 is 48.1 Å². The number of rotatable bonds is 2. The largest absolute Gasteiger partial charge is 1.00 e. The van der Waals surface area contributed by atoms with Crippen molar-refractivity contribution in [2.24, 2.45) is 0 Å². The fourth-order valence-electron chi connectivity index (χ4n) is 0.725. The Morgan fingerprint density at radius 3 is 1.11 bits per heavy atom. The molecule has 96 valence electrons. The van der Waals surface area contributed by atoms with E-state index in [2.05, 4.69) is 13.2 Å². The van der Waals surface area contributed by atoms with Gasteiger partial charge in [0.2, 0.25) is 0 Å². The van der Waals surface area contributed by atoms with E-state index in [0.717, 1.165) is 0 Å². The van der Waals surface area contributed by atoms with Crippen LogP contribution in [0.25, 0.3) is 0 Å². The molecule has 0 aliphatic rings. The van der Waals surface area contributed by atoms with E-state index in [9.17, 15) is 0 Å². The van der Waals surface area contributed by atoms with Crippen molar-refractivity contribution in [1.29, 1.82) is 0 Å². The van der Waals surface area contributed by atoms with Gasteiger partial charge in [-0.25, -0.2) is 24.3 Å². The van der Waals surface area contributed by atoms with Crippen LogP contribution in [0.1, 0.15) is 0 Å². The third-order valence-electron chi connectivity index (χ3n) is 1.55. The van der Waals surface area contributed by atoms with Gasteiger partial charge in [0.05, 0.1) is 0 Å². The van der Waals surface area contributed by atoms with Gasteiger partial charge in [-0.3, -0.25) is 0 Å². The SMILES string of the molecule is C=C[Si](=[Zr+2])C=C.[Cl-].[Cl-].c1cc[cH-]c1.c1cc[cH-]c1. The summed E-state index contributed by atoms with van der Waals surface area (Å²) in [6.45, 7) is 7.26. The molecule has 0 atom stereocenters. The molecule has 0 nitrogen and oxygen atoms in total. The summed E-state index contributed by atoms with van der Waals surface area (Å²) < 4.78 is 0. The van der Waals surface area contributed by atoms with Crippen molar-refractivity contribution in [3.05, 3.63) is 85.2 Å². The molecular formula is C14H16Cl2SiZr-2. The average molecular weight is 374 g/mol. The zero-order chi connectivity index (χ0) is 12.1. The molecule has 2 rings (SSSR count). The van der Waals surface area contributed by atoms with Gasteiger partial charge in [0.25, 0.3) is 0 Å². The first-order valence-corrected chi connectivity index (χ1v) is 10.3. The summed E-state index contributed by atoms with van der Waals surface area (Å²) in [6, 6.07) is 20.0. The van der Waals surface area contributed by atoms with E-state index < -0.39 is 0 Å². The fraction of sp³-hybridized carbons (Fsp3) is 0. The van der Waals surface area contributed by atoms with E-state index in [0.29, 0.717) is 0 Å². The number of hydrogen-bond donors (Lipinski definition) is 0. The molecule has 0 unspecified atom stereocenters. The van der Waals surface area contributed by atoms with Gasteiger partial charge >= 0.3 is 53.3 Å². The smallest absolute Gasteiger partial charge is 0.172 e. The molecule has 0 fully saturated rings. The molecule has 0 saturated carbocycles. The van der Waals surface area contributed by atoms with E-state index in [1.807, 2.05) is 72.1 Å². The zero-order valence-corrected chi connectivity index (χ0v) is 15.1. The second-order valence-electron chi connectivity index (χ2n) is 2.79. The van der Waals surface area contributed by atoms with Crippen LogP contribution in [0.3, 0.4) is 0 Å². The van der Waals surface area contributed by atoms with E-state index in [1.165, 1.54) is 0 Å². The third-order valence-corrected chi connectivity index (χ3v) is 5.44. The van der Waals surface area contributed by atoms with Gasteiger partial charge in [0.15, 0.2) is 0 Å². The summed E-state index contributed by atoms with van der Waals surface area (Å²) in [5.41, 5.74) is 3.74. The molecule has 0 heterocycles. The minimum atomic E-state index is -0.251. The van der Waals surface area contributed by atoms with Crippen LogP contribution in [-0.2, 0) is 23.3 Å².